The molecule has 2 rings (SSSR count). The molecule has 1 aliphatic carbocycles. The summed E-state index contributed by atoms with van der Waals surface area (Å²) in [5.74, 6) is 0.124. The average Bonchev–Trinajstić information content (AvgIpc) is 2.42. The van der Waals surface area contributed by atoms with Crippen molar-refractivity contribution < 1.29 is 14.3 Å². The standard InChI is InChI=1S/C13H23NO3/c1-2-14(11-6-4-3-5-7-11)13(15)12-10-16-8-9-17-12/h11-12H,2-10H2,1H3. The Morgan fingerprint density at radius 3 is 2.59 bits per heavy atom. The summed E-state index contributed by atoms with van der Waals surface area (Å²) in [5, 5.41) is 0. The van der Waals surface area contributed by atoms with Gasteiger partial charge in [0.15, 0.2) is 6.10 Å². The fourth-order valence-electron chi connectivity index (χ4n) is 2.80. The van der Waals surface area contributed by atoms with E-state index in [0.717, 1.165) is 19.4 Å². The van der Waals surface area contributed by atoms with Crippen molar-refractivity contribution in [3.8, 4) is 0 Å². The van der Waals surface area contributed by atoms with Crippen LogP contribution in [0.3, 0.4) is 0 Å². The molecule has 1 aliphatic heterocycles. The van der Waals surface area contributed by atoms with Crippen molar-refractivity contribution in [1.29, 1.82) is 0 Å². The van der Waals surface area contributed by atoms with Crippen LogP contribution in [0.5, 0.6) is 0 Å². The van der Waals surface area contributed by atoms with Crippen LogP contribution in [0.25, 0.3) is 0 Å². The molecule has 1 amide bonds. The summed E-state index contributed by atoms with van der Waals surface area (Å²) in [6, 6.07) is 0.423. The molecule has 0 aromatic heterocycles. The Morgan fingerprint density at radius 1 is 1.24 bits per heavy atom. The van der Waals surface area contributed by atoms with Gasteiger partial charge in [-0.2, -0.15) is 0 Å². The number of hydrogen-bond donors (Lipinski definition) is 0. The molecule has 0 aromatic rings. The molecule has 2 fully saturated rings. The highest BCUT2D eigenvalue weighted by molar-refractivity contribution is 5.81. The van der Waals surface area contributed by atoms with E-state index in [9.17, 15) is 4.79 Å². The molecule has 0 spiro atoms. The molecule has 0 N–H and O–H groups in total. The van der Waals surface area contributed by atoms with Crippen molar-refractivity contribution in [3.63, 3.8) is 0 Å². The summed E-state index contributed by atoms with van der Waals surface area (Å²) in [7, 11) is 0. The van der Waals surface area contributed by atoms with Gasteiger partial charge in [-0.15, -0.1) is 0 Å². The van der Waals surface area contributed by atoms with E-state index in [-0.39, 0.29) is 12.0 Å². The van der Waals surface area contributed by atoms with Crippen LogP contribution in [0, 0.1) is 0 Å². The van der Waals surface area contributed by atoms with Gasteiger partial charge in [-0.3, -0.25) is 4.79 Å². The highest BCUT2D eigenvalue weighted by atomic mass is 16.6. The third kappa shape index (κ3) is 3.19. The van der Waals surface area contributed by atoms with Crippen molar-refractivity contribution in [1.82, 2.24) is 4.90 Å². The van der Waals surface area contributed by atoms with Crippen LogP contribution in [-0.4, -0.2) is 49.3 Å². The zero-order chi connectivity index (χ0) is 12.1. The van der Waals surface area contributed by atoms with Crippen molar-refractivity contribution >= 4 is 5.91 Å². The molecule has 17 heavy (non-hydrogen) atoms. The fourth-order valence-corrected chi connectivity index (χ4v) is 2.80. The summed E-state index contributed by atoms with van der Waals surface area (Å²) in [6.45, 7) is 4.40. The van der Waals surface area contributed by atoms with Gasteiger partial charge in [0.05, 0.1) is 19.8 Å². The van der Waals surface area contributed by atoms with E-state index in [0.29, 0.717) is 25.9 Å². The molecule has 4 nitrogen and oxygen atoms in total. The molecule has 1 heterocycles. The lowest BCUT2D eigenvalue weighted by atomic mass is 9.94. The van der Waals surface area contributed by atoms with Crippen LogP contribution < -0.4 is 0 Å². The molecule has 0 aromatic carbocycles. The molecule has 4 heteroatoms. The van der Waals surface area contributed by atoms with Crippen molar-refractivity contribution in [2.75, 3.05) is 26.4 Å². The fraction of sp³-hybridized carbons (Fsp3) is 0.923. The van der Waals surface area contributed by atoms with E-state index in [1.807, 2.05) is 4.90 Å². The van der Waals surface area contributed by atoms with Gasteiger partial charge in [-0.05, 0) is 19.8 Å². The predicted molar refractivity (Wildman–Crippen MR) is 64.8 cm³/mol. The molecular formula is C13H23NO3. The van der Waals surface area contributed by atoms with Gasteiger partial charge in [0.1, 0.15) is 0 Å². The Hall–Kier alpha value is -0.610. The summed E-state index contributed by atoms with van der Waals surface area (Å²) in [4.78, 5) is 14.3. The van der Waals surface area contributed by atoms with Crippen LogP contribution in [0.1, 0.15) is 39.0 Å². The molecule has 1 atom stereocenters. The van der Waals surface area contributed by atoms with Crippen molar-refractivity contribution in [2.24, 2.45) is 0 Å². The second kappa shape index (κ2) is 6.36. The normalized spacial score (nSPS) is 26.8. The van der Waals surface area contributed by atoms with E-state index >= 15 is 0 Å². The smallest absolute Gasteiger partial charge is 0.254 e. The topological polar surface area (TPSA) is 38.8 Å². The Morgan fingerprint density at radius 2 is 2.00 bits per heavy atom. The first-order chi connectivity index (χ1) is 8.33. The maximum absolute atomic E-state index is 12.3. The van der Waals surface area contributed by atoms with E-state index in [4.69, 9.17) is 9.47 Å². The van der Waals surface area contributed by atoms with Crippen molar-refractivity contribution in [3.05, 3.63) is 0 Å². The largest absolute Gasteiger partial charge is 0.376 e. The molecule has 2 aliphatic rings. The van der Waals surface area contributed by atoms with Gasteiger partial charge in [-0.25, -0.2) is 0 Å². The predicted octanol–water partition coefficient (Wildman–Crippen LogP) is 1.58. The molecule has 0 bridgehead atoms. The zero-order valence-corrected chi connectivity index (χ0v) is 10.7. The van der Waals surface area contributed by atoms with Crippen LogP contribution in [0.15, 0.2) is 0 Å². The van der Waals surface area contributed by atoms with Gasteiger partial charge in [0.25, 0.3) is 5.91 Å². The maximum Gasteiger partial charge on any atom is 0.254 e. The van der Waals surface area contributed by atoms with Gasteiger partial charge in [-0.1, -0.05) is 19.3 Å². The highest BCUT2D eigenvalue weighted by Gasteiger charge is 2.31. The van der Waals surface area contributed by atoms with Gasteiger partial charge >= 0.3 is 0 Å². The Balaban J connectivity index is 1.93. The molecule has 1 saturated heterocycles. The lowest BCUT2D eigenvalue weighted by Gasteiger charge is -2.36. The van der Waals surface area contributed by atoms with Gasteiger partial charge in [0, 0.05) is 12.6 Å². The molecule has 1 unspecified atom stereocenters. The maximum atomic E-state index is 12.3. The first-order valence-corrected chi connectivity index (χ1v) is 6.82. The van der Waals surface area contributed by atoms with Crippen LogP contribution in [0.2, 0.25) is 0 Å². The first-order valence-electron chi connectivity index (χ1n) is 6.82. The summed E-state index contributed by atoms with van der Waals surface area (Å²) in [5.41, 5.74) is 0. The van der Waals surface area contributed by atoms with Crippen LogP contribution >= 0.6 is 0 Å². The lowest BCUT2D eigenvalue weighted by Crippen LogP contribution is -2.49. The number of carbonyl (C=O) groups excluding carboxylic acids is 1. The van der Waals surface area contributed by atoms with E-state index in [1.54, 1.807) is 0 Å². The SMILES string of the molecule is CCN(C(=O)C1COCCO1)C1CCCCC1. The monoisotopic (exact) mass is 241 g/mol. The molecule has 98 valence electrons. The zero-order valence-electron chi connectivity index (χ0n) is 10.7. The third-order valence-corrected chi connectivity index (χ3v) is 3.73. The first kappa shape index (κ1) is 12.8. The van der Waals surface area contributed by atoms with Crippen molar-refractivity contribution in [2.45, 2.75) is 51.2 Å². The van der Waals surface area contributed by atoms with E-state index in [1.165, 1.54) is 19.3 Å². The number of likely N-dealkylation sites (N-methyl/N-ethyl adjacent to an activating group) is 1. The average molecular weight is 241 g/mol. The van der Waals surface area contributed by atoms with E-state index in [2.05, 4.69) is 6.92 Å². The van der Waals surface area contributed by atoms with Crippen LogP contribution in [-0.2, 0) is 14.3 Å². The number of rotatable bonds is 3. The number of amides is 1. The number of nitrogens with zero attached hydrogens (tertiary/aromatic N) is 1. The summed E-state index contributed by atoms with van der Waals surface area (Å²) >= 11 is 0. The molecule has 1 saturated carbocycles. The lowest BCUT2D eigenvalue weighted by molar-refractivity contribution is -0.160. The molecular weight excluding hydrogens is 218 g/mol. The van der Waals surface area contributed by atoms with Crippen LogP contribution in [0.4, 0.5) is 0 Å². The number of hydrogen-bond acceptors (Lipinski definition) is 3. The quantitative estimate of drug-likeness (QED) is 0.753. The third-order valence-electron chi connectivity index (χ3n) is 3.73. The van der Waals surface area contributed by atoms with Gasteiger partial charge in [0.2, 0.25) is 0 Å². The minimum atomic E-state index is -0.370. The second-order valence-electron chi connectivity index (χ2n) is 4.85. The Labute approximate surface area is 103 Å². The molecule has 0 radical (unpaired) electrons. The minimum Gasteiger partial charge on any atom is -0.376 e. The number of carbonyl (C=O) groups is 1. The summed E-state index contributed by atoms with van der Waals surface area (Å²) in [6.07, 6.45) is 5.73. The van der Waals surface area contributed by atoms with Gasteiger partial charge < -0.3 is 14.4 Å². The second-order valence-corrected chi connectivity index (χ2v) is 4.85. The highest BCUT2D eigenvalue weighted by Crippen LogP contribution is 2.23. The Kier molecular flexibility index (Phi) is 4.80. The summed E-state index contributed by atoms with van der Waals surface area (Å²) < 4.78 is 10.8. The van der Waals surface area contributed by atoms with E-state index < -0.39 is 0 Å². The Bertz CT molecular complexity index is 245. The minimum absolute atomic E-state index is 0.124. The number of ether oxygens (including phenoxy) is 2.